The fourth-order valence-corrected chi connectivity index (χ4v) is 1.29. The first kappa shape index (κ1) is 17.9. The van der Waals surface area contributed by atoms with Gasteiger partial charge < -0.3 is 9.47 Å². The van der Waals surface area contributed by atoms with Crippen LogP contribution in [0.4, 0.5) is 0 Å². The molecule has 0 amide bonds. The summed E-state index contributed by atoms with van der Waals surface area (Å²) in [6.07, 6.45) is 1.08. The lowest BCUT2D eigenvalue weighted by Crippen LogP contribution is -2.37. The highest BCUT2D eigenvalue weighted by Crippen LogP contribution is 2.23. The molecule has 0 aliphatic heterocycles. The van der Waals surface area contributed by atoms with E-state index in [4.69, 9.17) is 9.47 Å². The summed E-state index contributed by atoms with van der Waals surface area (Å²) >= 11 is 0. The Bertz CT molecular complexity index is 316. The second-order valence-corrected chi connectivity index (χ2v) is 6.65. The summed E-state index contributed by atoms with van der Waals surface area (Å²) in [7, 11) is 0. The molecule has 4 nitrogen and oxygen atoms in total. The Balaban J connectivity index is 4.31. The van der Waals surface area contributed by atoms with E-state index in [1.165, 1.54) is 0 Å². The molecule has 0 bridgehead atoms. The van der Waals surface area contributed by atoms with Crippen LogP contribution in [-0.4, -0.2) is 24.1 Å². The summed E-state index contributed by atoms with van der Waals surface area (Å²) < 4.78 is 10.6. The number of carbonyl (C=O) groups is 2. The maximum atomic E-state index is 11.8. The lowest BCUT2D eigenvalue weighted by Gasteiger charge is -2.27. The van der Waals surface area contributed by atoms with Crippen LogP contribution in [0.15, 0.2) is 0 Å². The van der Waals surface area contributed by atoms with E-state index in [0.29, 0.717) is 12.8 Å². The van der Waals surface area contributed by atoms with Crippen molar-refractivity contribution in [3.8, 4) is 0 Å². The Kier molecular flexibility index (Phi) is 6.53. The average molecular weight is 272 g/mol. The van der Waals surface area contributed by atoms with E-state index < -0.39 is 11.0 Å². The summed E-state index contributed by atoms with van der Waals surface area (Å²) in [5.41, 5.74) is -1.29. The van der Waals surface area contributed by atoms with Gasteiger partial charge in [0.15, 0.2) is 0 Å². The third kappa shape index (κ3) is 7.19. The molecule has 0 rings (SSSR count). The van der Waals surface area contributed by atoms with E-state index in [0.717, 1.165) is 0 Å². The van der Waals surface area contributed by atoms with Crippen LogP contribution in [0.3, 0.4) is 0 Å². The van der Waals surface area contributed by atoms with Crippen molar-refractivity contribution in [2.75, 3.05) is 6.61 Å². The third-order valence-electron chi connectivity index (χ3n) is 2.95. The van der Waals surface area contributed by atoms with Gasteiger partial charge in [-0.05, 0) is 40.0 Å². The lowest BCUT2D eigenvalue weighted by molar-refractivity contribution is -0.173. The topological polar surface area (TPSA) is 52.6 Å². The maximum absolute atomic E-state index is 11.8. The maximum Gasteiger partial charge on any atom is 0.311 e. The van der Waals surface area contributed by atoms with Crippen molar-refractivity contribution >= 4 is 11.9 Å². The highest BCUT2D eigenvalue weighted by molar-refractivity contribution is 5.76. The van der Waals surface area contributed by atoms with Crippen LogP contribution in [0.25, 0.3) is 0 Å². The van der Waals surface area contributed by atoms with Gasteiger partial charge in [-0.15, -0.1) is 0 Å². The molecule has 4 heteroatoms. The van der Waals surface area contributed by atoms with Crippen molar-refractivity contribution in [1.29, 1.82) is 0 Å². The van der Waals surface area contributed by atoms with E-state index in [-0.39, 0.29) is 24.5 Å². The van der Waals surface area contributed by atoms with Gasteiger partial charge >= 0.3 is 11.9 Å². The van der Waals surface area contributed by atoms with Crippen molar-refractivity contribution in [3.05, 3.63) is 0 Å². The Labute approximate surface area is 116 Å². The van der Waals surface area contributed by atoms with E-state index in [2.05, 4.69) is 0 Å². The van der Waals surface area contributed by atoms with E-state index in [1.807, 2.05) is 34.6 Å². The van der Waals surface area contributed by atoms with Gasteiger partial charge in [-0.2, -0.15) is 0 Å². The second kappa shape index (κ2) is 6.92. The van der Waals surface area contributed by atoms with Gasteiger partial charge in [-0.1, -0.05) is 20.8 Å². The lowest BCUT2D eigenvalue weighted by atomic mass is 9.91. The zero-order valence-corrected chi connectivity index (χ0v) is 13.3. The minimum atomic E-state index is -0.786. The number of ether oxygens (including phenoxy) is 2. The van der Waals surface area contributed by atoms with Crippen LogP contribution in [0.2, 0.25) is 0 Å². The minimum absolute atomic E-state index is 0.0824. The highest BCUT2D eigenvalue weighted by atomic mass is 16.6. The smallest absolute Gasteiger partial charge is 0.311 e. The number of hydrogen-bond acceptors (Lipinski definition) is 4. The fourth-order valence-electron chi connectivity index (χ4n) is 1.29. The molecule has 0 saturated carbocycles. The molecule has 0 heterocycles. The molecule has 0 fully saturated rings. The minimum Gasteiger partial charge on any atom is -0.461 e. The molecule has 0 N–H and O–H groups in total. The summed E-state index contributed by atoms with van der Waals surface area (Å²) in [6, 6.07) is 0. The Morgan fingerprint density at radius 3 is 2.05 bits per heavy atom. The predicted molar refractivity (Wildman–Crippen MR) is 74.7 cm³/mol. The van der Waals surface area contributed by atoms with Crippen LogP contribution < -0.4 is 0 Å². The fraction of sp³-hybridized carbons (Fsp3) is 0.867. The molecule has 19 heavy (non-hydrogen) atoms. The first-order chi connectivity index (χ1) is 8.50. The molecule has 0 aliphatic carbocycles. The largest absolute Gasteiger partial charge is 0.461 e. The third-order valence-corrected chi connectivity index (χ3v) is 2.95. The number of hydrogen-bond donors (Lipinski definition) is 0. The van der Waals surface area contributed by atoms with Crippen LogP contribution in [-0.2, 0) is 19.1 Å². The van der Waals surface area contributed by atoms with Gasteiger partial charge in [0.2, 0.25) is 0 Å². The van der Waals surface area contributed by atoms with Crippen molar-refractivity contribution in [2.45, 2.75) is 66.9 Å². The summed E-state index contributed by atoms with van der Waals surface area (Å²) in [5.74, 6) is -0.265. The zero-order chi connectivity index (χ0) is 15.3. The molecule has 0 aromatic heterocycles. The molecule has 112 valence electrons. The monoisotopic (exact) mass is 272 g/mol. The molecular weight excluding hydrogens is 244 g/mol. The van der Waals surface area contributed by atoms with Gasteiger partial charge in [-0.3, -0.25) is 9.59 Å². The first-order valence-electron chi connectivity index (χ1n) is 6.89. The van der Waals surface area contributed by atoms with Gasteiger partial charge in [0.1, 0.15) is 12.2 Å². The summed E-state index contributed by atoms with van der Waals surface area (Å²) in [5, 5.41) is 0. The van der Waals surface area contributed by atoms with E-state index in [1.54, 1.807) is 13.8 Å². The molecule has 0 aliphatic rings. The molecule has 0 aromatic carbocycles. The molecule has 0 saturated heterocycles. The zero-order valence-electron chi connectivity index (χ0n) is 13.3. The van der Waals surface area contributed by atoms with Gasteiger partial charge in [-0.25, -0.2) is 0 Å². The Morgan fingerprint density at radius 2 is 1.63 bits per heavy atom. The first-order valence-corrected chi connectivity index (χ1v) is 6.89. The van der Waals surface area contributed by atoms with Crippen molar-refractivity contribution in [2.24, 2.45) is 11.3 Å². The molecule has 0 spiro atoms. The highest BCUT2D eigenvalue weighted by Gasteiger charge is 2.31. The Morgan fingerprint density at radius 1 is 1.11 bits per heavy atom. The van der Waals surface area contributed by atoms with Gasteiger partial charge in [0.05, 0.1) is 5.41 Å². The second-order valence-electron chi connectivity index (χ2n) is 6.65. The van der Waals surface area contributed by atoms with Crippen LogP contribution in [0.1, 0.15) is 61.3 Å². The standard InChI is InChI=1S/C15H28O4/c1-8-14(4,5)13(17)18-10-15(6,7)19-12(16)9-11(2)3/h11H,8-10H2,1-7H3. The van der Waals surface area contributed by atoms with Crippen molar-refractivity contribution in [3.63, 3.8) is 0 Å². The Hall–Kier alpha value is -1.06. The van der Waals surface area contributed by atoms with E-state index in [9.17, 15) is 9.59 Å². The molecular formula is C15H28O4. The summed E-state index contributed by atoms with van der Waals surface area (Å²) in [4.78, 5) is 23.4. The molecule has 0 radical (unpaired) electrons. The number of esters is 2. The van der Waals surface area contributed by atoms with Crippen molar-refractivity contribution in [1.82, 2.24) is 0 Å². The normalized spacial score (nSPS) is 12.4. The van der Waals surface area contributed by atoms with Crippen LogP contribution >= 0.6 is 0 Å². The van der Waals surface area contributed by atoms with Gasteiger partial charge in [0.25, 0.3) is 0 Å². The average Bonchev–Trinajstić information content (AvgIpc) is 2.23. The number of carbonyl (C=O) groups excluding carboxylic acids is 2. The molecule has 0 aromatic rings. The van der Waals surface area contributed by atoms with Crippen LogP contribution in [0.5, 0.6) is 0 Å². The van der Waals surface area contributed by atoms with Gasteiger partial charge in [0, 0.05) is 6.42 Å². The SMILES string of the molecule is CCC(C)(C)C(=O)OCC(C)(C)OC(=O)CC(C)C. The quantitative estimate of drug-likeness (QED) is 0.667. The molecule has 0 unspecified atom stereocenters. The predicted octanol–water partition coefficient (Wildman–Crippen LogP) is 3.33. The van der Waals surface area contributed by atoms with Crippen molar-refractivity contribution < 1.29 is 19.1 Å². The summed E-state index contributed by atoms with van der Waals surface area (Å²) in [6.45, 7) is 13.1. The molecule has 0 atom stereocenters. The number of rotatable bonds is 7. The van der Waals surface area contributed by atoms with Crippen LogP contribution in [0, 0.1) is 11.3 Å². The van der Waals surface area contributed by atoms with E-state index >= 15 is 0 Å².